The van der Waals surface area contributed by atoms with Gasteiger partial charge in [0.1, 0.15) is 6.17 Å². The molecule has 0 spiro atoms. The Labute approximate surface area is 125 Å². The Morgan fingerprint density at radius 1 is 1.48 bits per heavy atom. The van der Waals surface area contributed by atoms with Crippen LogP contribution < -0.4 is 10.1 Å². The van der Waals surface area contributed by atoms with Crippen LogP contribution in [0.1, 0.15) is 38.4 Å². The molecule has 1 amide bonds. The third kappa shape index (κ3) is 3.73. The fourth-order valence-corrected chi connectivity index (χ4v) is 2.61. The van der Waals surface area contributed by atoms with E-state index in [0.29, 0.717) is 19.0 Å². The van der Waals surface area contributed by atoms with Gasteiger partial charge in [-0.05, 0) is 36.5 Å². The minimum Gasteiger partial charge on any atom is -0.494 e. The summed E-state index contributed by atoms with van der Waals surface area (Å²) in [5.74, 6) is 0.500. The van der Waals surface area contributed by atoms with Crippen molar-refractivity contribution in [2.45, 2.75) is 32.9 Å². The summed E-state index contributed by atoms with van der Waals surface area (Å²) in [4.78, 5) is 13.8. The summed E-state index contributed by atoms with van der Waals surface area (Å²) in [6.45, 7) is 5.34. The zero-order chi connectivity index (χ0) is 15.4. The predicted octanol–water partition coefficient (Wildman–Crippen LogP) is 2.70. The van der Waals surface area contributed by atoms with Crippen molar-refractivity contribution in [3.63, 3.8) is 0 Å². The van der Waals surface area contributed by atoms with Crippen LogP contribution in [-0.4, -0.2) is 31.0 Å². The van der Waals surface area contributed by atoms with E-state index in [4.69, 9.17) is 4.74 Å². The van der Waals surface area contributed by atoms with E-state index in [0.717, 1.165) is 18.4 Å². The Balaban J connectivity index is 2.09. The molecule has 0 saturated carbocycles. The highest BCUT2D eigenvalue weighted by atomic mass is 19.1. The first-order chi connectivity index (χ1) is 10.0. The third-order valence-corrected chi connectivity index (χ3v) is 3.75. The Kier molecular flexibility index (Phi) is 5.17. The number of ether oxygens (including phenoxy) is 1. The van der Waals surface area contributed by atoms with Gasteiger partial charge in [0.25, 0.3) is 0 Å². The van der Waals surface area contributed by atoms with E-state index in [1.807, 2.05) is 0 Å². The summed E-state index contributed by atoms with van der Waals surface area (Å²) in [5.41, 5.74) is 0.753. The molecule has 1 atom stereocenters. The zero-order valence-corrected chi connectivity index (χ0v) is 12.9. The molecule has 1 fully saturated rings. The van der Waals surface area contributed by atoms with Gasteiger partial charge in [0.15, 0.2) is 11.6 Å². The Morgan fingerprint density at radius 2 is 2.24 bits per heavy atom. The van der Waals surface area contributed by atoms with Crippen molar-refractivity contribution >= 4 is 5.91 Å². The quantitative estimate of drug-likeness (QED) is 0.877. The van der Waals surface area contributed by atoms with Crippen LogP contribution in [0.15, 0.2) is 18.2 Å². The molecular formula is C16H23FN2O2. The molecule has 1 aromatic rings. The summed E-state index contributed by atoms with van der Waals surface area (Å²) >= 11 is 0. The number of hydrogen-bond donors (Lipinski definition) is 1. The van der Waals surface area contributed by atoms with Gasteiger partial charge in [-0.1, -0.05) is 19.9 Å². The second kappa shape index (κ2) is 6.89. The monoisotopic (exact) mass is 294 g/mol. The molecule has 1 saturated heterocycles. The number of nitrogens with one attached hydrogen (secondary N) is 1. The van der Waals surface area contributed by atoms with E-state index < -0.39 is 5.82 Å². The third-order valence-electron chi connectivity index (χ3n) is 3.75. The second-order valence-corrected chi connectivity index (χ2v) is 5.80. The van der Waals surface area contributed by atoms with Crippen LogP contribution in [0.5, 0.6) is 5.75 Å². The van der Waals surface area contributed by atoms with Gasteiger partial charge in [-0.15, -0.1) is 0 Å². The number of nitrogens with zero attached hydrogens (tertiary/aromatic N) is 1. The van der Waals surface area contributed by atoms with Crippen molar-refractivity contribution in [1.29, 1.82) is 0 Å². The van der Waals surface area contributed by atoms with Crippen molar-refractivity contribution in [3.8, 4) is 5.75 Å². The van der Waals surface area contributed by atoms with E-state index in [1.165, 1.54) is 13.2 Å². The topological polar surface area (TPSA) is 41.6 Å². The summed E-state index contributed by atoms with van der Waals surface area (Å²) in [7, 11) is 1.44. The van der Waals surface area contributed by atoms with Gasteiger partial charge in [-0.3, -0.25) is 10.1 Å². The number of carbonyl (C=O) groups is 1. The summed E-state index contributed by atoms with van der Waals surface area (Å²) in [6.07, 6.45) is 1.79. The van der Waals surface area contributed by atoms with Crippen LogP contribution in [0.4, 0.5) is 4.39 Å². The van der Waals surface area contributed by atoms with E-state index in [2.05, 4.69) is 19.2 Å². The van der Waals surface area contributed by atoms with Gasteiger partial charge >= 0.3 is 0 Å². The molecule has 0 radical (unpaired) electrons. The first-order valence-electron chi connectivity index (χ1n) is 7.39. The van der Waals surface area contributed by atoms with Crippen LogP contribution in [-0.2, 0) is 4.79 Å². The smallest absolute Gasteiger partial charge is 0.238 e. The van der Waals surface area contributed by atoms with Gasteiger partial charge < -0.3 is 9.64 Å². The molecule has 1 heterocycles. The molecule has 1 N–H and O–H groups in total. The van der Waals surface area contributed by atoms with Crippen LogP contribution in [0.3, 0.4) is 0 Å². The second-order valence-electron chi connectivity index (χ2n) is 5.80. The Morgan fingerprint density at radius 3 is 2.86 bits per heavy atom. The lowest BCUT2D eigenvalue weighted by Gasteiger charge is -2.25. The fraction of sp³-hybridized carbons (Fsp3) is 0.562. The lowest BCUT2D eigenvalue weighted by atomic mass is 10.1. The van der Waals surface area contributed by atoms with E-state index in [9.17, 15) is 9.18 Å². The van der Waals surface area contributed by atoms with Gasteiger partial charge in [0.2, 0.25) is 5.91 Å². The summed E-state index contributed by atoms with van der Waals surface area (Å²) < 4.78 is 18.8. The Hall–Kier alpha value is -1.62. The minimum absolute atomic E-state index is 0.0694. The molecule has 1 aromatic carbocycles. The molecule has 5 heteroatoms. The van der Waals surface area contributed by atoms with Gasteiger partial charge in [0, 0.05) is 6.54 Å². The lowest BCUT2D eigenvalue weighted by Crippen LogP contribution is -2.31. The lowest BCUT2D eigenvalue weighted by molar-refractivity contribution is -0.128. The molecule has 0 bridgehead atoms. The molecule has 1 aliphatic heterocycles. The number of methoxy groups -OCH3 is 1. The van der Waals surface area contributed by atoms with E-state index >= 15 is 0 Å². The number of amides is 1. The van der Waals surface area contributed by atoms with Crippen LogP contribution in [0, 0.1) is 11.7 Å². The van der Waals surface area contributed by atoms with Crippen molar-refractivity contribution in [2.75, 3.05) is 20.2 Å². The standard InChI is InChI=1S/C16H23FN2O2/c1-11(2)5-4-8-19-15(20)10-18-16(19)12-6-7-14(21-3)13(17)9-12/h6-7,9,11,16,18H,4-5,8,10H2,1-3H3. The average Bonchev–Trinajstić information content (AvgIpc) is 2.80. The largest absolute Gasteiger partial charge is 0.494 e. The van der Waals surface area contributed by atoms with Crippen LogP contribution in [0.25, 0.3) is 0 Å². The molecule has 0 aliphatic carbocycles. The van der Waals surface area contributed by atoms with Crippen molar-refractivity contribution in [1.82, 2.24) is 10.2 Å². The predicted molar refractivity (Wildman–Crippen MR) is 79.5 cm³/mol. The average molecular weight is 294 g/mol. The summed E-state index contributed by atoms with van der Waals surface area (Å²) in [6, 6.07) is 4.83. The normalized spacial score (nSPS) is 18.6. The van der Waals surface area contributed by atoms with Gasteiger partial charge in [0.05, 0.1) is 13.7 Å². The SMILES string of the molecule is COc1ccc(C2NCC(=O)N2CCCC(C)C)cc1F. The number of rotatable bonds is 6. The van der Waals surface area contributed by atoms with E-state index in [-0.39, 0.29) is 17.8 Å². The highest BCUT2D eigenvalue weighted by Gasteiger charge is 2.31. The molecule has 1 unspecified atom stereocenters. The highest BCUT2D eigenvalue weighted by Crippen LogP contribution is 2.27. The molecule has 1 aliphatic rings. The number of benzene rings is 1. The zero-order valence-electron chi connectivity index (χ0n) is 12.9. The number of carbonyl (C=O) groups excluding carboxylic acids is 1. The molecule has 21 heavy (non-hydrogen) atoms. The Bertz CT molecular complexity index is 505. The highest BCUT2D eigenvalue weighted by molar-refractivity contribution is 5.80. The first kappa shape index (κ1) is 15.8. The van der Waals surface area contributed by atoms with Crippen molar-refractivity contribution in [2.24, 2.45) is 5.92 Å². The van der Waals surface area contributed by atoms with Crippen molar-refractivity contribution in [3.05, 3.63) is 29.6 Å². The number of hydrogen-bond acceptors (Lipinski definition) is 3. The van der Waals surface area contributed by atoms with Crippen LogP contribution in [0.2, 0.25) is 0 Å². The van der Waals surface area contributed by atoms with Gasteiger partial charge in [-0.25, -0.2) is 4.39 Å². The maximum Gasteiger partial charge on any atom is 0.238 e. The maximum absolute atomic E-state index is 13.8. The molecule has 4 nitrogen and oxygen atoms in total. The fourth-order valence-electron chi connectivity index (χ4n) is 2.61. The summed E-state index contributed by atoms with van der Waals surface area (Å²) in [5, 5.41) is 3.14. The van der Waals surface area contributed by atoms with Crippen molar-refractivity contribution < 1.29 is 13.9 Å². The number of halogens is 1. The maximum atomic E-state index is 13.8. The first-order valence-corrected chi connectivity index (χ1v) is 7.39. The molecule has 2 rings (SSSR count). The molecular weight excluding hydrogens is 271 g/mol. The molecule has 0 aromatic heterocycles. The molecule has 116 valence electrons. The minimum atomic E-state index is -0.404. The van der Waals surface area contributed by atoms with Gasteiger partial charge in [-0.2, -0.15) is 0 Å². The van der Waals surface area contributed by atoms with Crippen LogP contribution >= 0.6 is 0 Å². The van der Waals surface area contributed by atoms with E-state index in [1.54, 1.807) is 17.0 Å².